The van der Waals surface area contributed by atoms with Crippen LogP contribution in [0.2, 0.25) is 0 Å². The second-order valence-corrected chi connectivity index (χ2v) is 7.73. The average molecular weight is 403 g/mol. The summed E-state index contributed by atoms with van der Waals surface area (Å²) in [5.74, 6) is -1.16. The minimum Gasteiger partial charge on any atom is -0.353 e. The predicted molar refractivity (Wildman–Crippen MR) is 98.0 cm³/mol. The molecule has 0 saturated carbocycles. The van der Waals surface area contributed by atoms with Crippen molar-refractivity contribution in [3.63, 3.8) is 0 Å². The van der Waals surface area contributed by atoms with Gasteiger partial charge in [-0.15, -0.1) is 11.8 Å². The molecule has 0 radical (unpaired) electrons. The van der Waals surface area contributed by atoms with E-state index in [1.807, 2.05) is 30.3 Å². The summed E-state index contributed by atoms with van der Waals surface area (Å²) in [6.45, 7) is -0.880. The Morgan fingerprint density at radius 3 is 2.12 bits per heavy atom. The molecule has 1 rings (SSSR count). The van der Waals surface area contributed by atoms with Crippen LogP contribution in [0.25, 0.3) is 0 Å². The van der Waals surface area contributed by atoms with E-state index < -0.39 is 27.7 Å². The highest BCUT2D eigenvalue weighted by Crippen LogP contribution is 2.10. The Bertz CT molecular complexity index is 709. The van der Waals surface area contributed by atoms with Crippen molar-refractivity contribution in [2.24, 2.45) is 0 Å². The first-order valence-electron chi connectivity index (χ1n) is 7.63. The van der Waals surface area contributed by atoms with Gasteiger partial charge in [0, 0.05) is 12.3 Å². The second kappa shape index (κ2) is 11.5. The molecule has 4 N–H and O–H groups in total. The first kappa shape index (κ1) is 21.9. The molecule has 0 aliphatic rings. The molecule has 0 unspecified atom stereocenters. The van der Waals surface area contributed by atoms with Gasteiger partial charge in [-0.05, 0) is 5.56 Å². The lowest BCUT2D eigenvalue weighted by Crippen LogP contribution is -2.43. The number of benzene rings is 1. The number of nitrogens with one attached hydrogen (secondary N) is 3. The van der Waals surface area contributed by atoms with E-state index in [0.29, 0.717) is 5.75 Å². The highest BCUT2D eigenvalue weighted by Gasteiger charge is 2.09. The van der Waals surface area contributed by atoms with E-state index in [4.69, 9.17) is 4.55 Å². The number of rotatable bonds is 11. The molecule has 0 aromatic heterocycles. The third-order valence-electron chi connectivity index (χ3n) is 2.92. The topological polar surface area (TPSA) is 142 Å². The van der Waals surface area contributed by atoms with Crippen molar-refractivity contribution < 1.29 is 27.4 Å². The zero-order chi connectivity index (χ0) is 19.4. The summed E-state index contributed by atoms with van der Waals surface area (Å²) in [5.41, 5.74) is 1.10. The van der Waals surface area contributed by atoms with E-state index in [1.165, 1.54) is 11.8 Å². The third-order valence-corrected chi connectivity index (χ3v) is 4.64. The van der Waals surface area contributed by atoms with Crippen LogP contribution < -0.4 is 16.0 Å². The summed E-state index contributed by atoms with van der Waals surface area (Å²) in [6.07, 6.45) is 0. The summed E-state index contributed by atoms with van der Waals surface area (Å²) in [7, 11) is -4.15. The van der Waals surface area contributed by atoms with Crippen LogP contribution in [0.15, 0.2) is 30.3 Å². The van der Waals surface area contributed by atoms with Gasteiger partial charge in [0.25, 0.3) is 10.1 Å². The normalized spacial score (nSPS) is 10.8. The van der Waals surface area contributed by atoms with Crippen molar-refractivity contribution in [1.29, 1.82) is 0 Å². The van der Waals surface area contributed by atoms with Crippen molar-refractivity contribution in [3.05, 3.63) is 35.9 Å². The Labute approximate surface area is 156 Å². The van der Waals surface area contributed by atoms with E-state index in [0.717, 1.165) is 5.56 Å². The molecule has 0 spiro atoms. The number of hydrogen-bond acceptors (Lipinski definition) is 6. The minimum atomic E-state index is -4.15. The Morgan fingerprint density at radius 2 is 1.50 bits per heavy atom. The molecule has 1 aromatic rings. The van der Waals surface area contributed by atoms with Crippen LogP contribution in [0.4, 0.5) is 0 Å². The van der Waals surface area contributed by atoms with E-state index in [1.54, 1.807) is 0 Å². The van der Waals surface area contributed by atoms with Crippen LogP contribution in [0.1, 0.15) is 5.56 Å². The molecule has 0 saturated heterocycles. The van der Waals surface area contributed by atoms with Crippen molar-refractivity contribution in [1.82, 2.24) is 16.0 Å². The molecular weight excluding hydrogens is 382 g/mol. The lowest BCUT2D eigenvalue weighted by Gasteiger charge is -2.07. The molecule has 26 heavy (non-hydrogen) atoms. The van der Waals surface area contributed by atoms with Crippen LogP contribution in [-0.4, -0.2) is 61.8 Å². The van der Waals surface area contributed by atoms with Crippen LogP contribution in [-0.2, 0) is 30.3 Å². The standard InChI is InChI=1S/C15H21N3O6S2/c19-13(16-6-7-26(22,23)24)8-17-14(20)9-18-15(21)11-25-10-12-4-2-1-3-5-12/h1-5H,6-11H2,(H,16,19)(H,17,20)(H,18,21)(H,22,23,24). The Balaban J connectivity index is 2.09. The molecule has 9 nitrogen and oxygen atoms in total. The summed E-state index contributed by atoms with van der Waals surface area (Å²) >= 11 is 1.42. The summed E-state index contributed by atoms with van der Waals surface area (Å²) in [4.78, 5) is 34.5. The van der Waals surface area contributed by atoms with Crippen LogP contribution in [0, 0.1) is 0 Å². The monoisotopic (exact) mass is 403 g/mol. The smallest absolute Gasteiger partial charge is 0.266 e. The van der Waals surface area contributed by atoms with Gasteiger partial charge in [-0.2, -0.15) is 8.42 Å². The second-order valence-electron chi connectivity index (χ2n) is 5.17. The van der Waals surface area contributed by atoms with Gasteiger partial charge in [0.15, 0.2) is 0 Å². The van der Waals surface area contributed by atoms with Crippen molar-refractivity contribution in [2.75, 3.05) is 31.1 Å². The number of hydrogen-bond donors (Lipinski definition) is 4. The molecule has 3 amide bonds. The fourth-order valence-corrected chi connectivity index (χ4v) is 2.87. The van der Waals surface area contributed by atoms with Gasteiger partial charge in [0.2, 0.25) is 17.7 Å². The molecule has 0 heterocycles. The van der Waals surface area contributed by atoms with Gasteiger partial charge in [-0.25, -0.2) is 0 Å². The summed E-state index contributed by atoms with van der Waals surface area (Å²) in [5, 5.41) is 6.94. The lowest BCUT2D eigenvalue weighted by molar-refractivity contribution is -0.127. The molecule has 0 bridgehead atoms. The first-order valence-corrected chi connectivity index (χ1v) is 10.4. The number of thioether (sulfide) groups is 1. The van der Waals surface area contributed by atoms with Crippen LogP contribution >= 0.6 is 11.8 Å². The SMILES string of the molecule is O=C(CNC(=O)CNC(=O)CSCc1ccccc1)NCCS(=O)(=O)O. The number of carbonyl (C=O) groups excluding carboxylic acids is 3. The molecule has 0 aliphatic heterocycles. The molecule has 0 aliphatic carbocycles. The van der Waals surface area contributed by atoms with Gasteiger partial charge in [-0.3, -0.25) is 18.9 Å². The van der Waals surface area contributed by atoms with Gasteiger partial charge in [0.1, 0.15) is 0 Å². The maximum Gasteiger partial charge on any atom is 0.266 e. The van der Waals surface area contributed by atoms with Gasteiger partial charge in [0.05, 0.1) is 24.6 Å². The zero-order valence-corrected chi connectivity index (χ0v) is 15.6. The highest BCUT2D eigenvalue weighted by atomic mass is 32.2. The first-order chi connectivity index (χ1) is 12.3. The molecule has 144 valence electrons. The molecular formula is C15H21N3O6S2. The number of carbonyl (C=O) groups is 3. The van der Waals surface area contributed by atoms with E-state index >= 15 is 0 Å². The quantitative estimate of drug-likeness (QED) is 0.353. The average Bonchev–Trinajstić information content (AvgIpc) is 2.58. The third kappa shape index (κ3) is 11.4. The minimum absolute atomic E-state index is 0.207. The largest absolute Gasteiger partial charge is 0.353 e. The summed E-state index contributed by atoms with van der Waals surface area (Å²) < 4.78 is 29.5. The molecule has 0 fully saturated rings. The molecule has 0 atom stereocenters. The Morgan fingerprint density at radius 1 is 0.923 bits per heavy atom. The zero-order valence-electron chi connectivity index (χ0n) is 13.9. The van der Waals surface area contributed by atoms with Gasteiger partial charge in [-0.1, -0.05) is 30.3 Å². The fourth-order valence-electron chi connectivity index (χ4n) is 1.69. The molecule has 11 heteroatoms. The van der Waals surface area contributed by atoms with Crippen molar-refractivity contribution in [2.45, 2.75) is 5.75 Å². The lowest BCUT2D eigenvalue weighted by atomic mass is 10.2. The van der Waals surface area contributed by atoms with Crippen molar-refractivity contribution >= 4 is 39.6 Å². The molecule has 1 aromatic carbocycles. The van der Waals surface area contributed by atoms with Crippen LogP contribution in [0.3, 0.4) is 0 Å². The Hall–Kier alpha value is -2.11. The van der Waals surface area contributed by atoms with E-state index in [-0.39, 0.29) is 31.3 Å². The van der Waals surface area contributed by atoms with E-state index in [9.17, 15) is 22.8 Å². The Kier molecular flexibility index (Phi) is 9.70. The predicted octanol–water partition coefficient (Wildman–Crippen LogP) is -0.844. The number of amides is 3. The fraction of sp³-hybridized carbons (Fsp3) is 0.400. The van der Waals surface area contributed by atoms with Crippen molar-refractivity contribution in [3.8, 4) is 0 Å². The van der Waals surface area contributed by atoms with Crippen LogP contribution in [0.5, 0.6) is 0 Å². The maximum absolute atomic E-state index is 11.6. The van der Waals surface area contributed by atoms with E-state index in [2.05, 4.69) is 16.0 Å². The summed E-state index contributed by atoms with van der Waals surface area (Å²) in [6, 6.07) is 9.66. The highest BCUT2D eigenvalue weighted by molar-refractivity contribution is 7.99. The van der Waals surface area contributed by atoms with Gasteiger partial charge >= 0.3 is 0 Å². The van der Waals surface area contributed by atoms with Gasteiger partial charge < -0.3 is 16.0 Å². The maximum atomic E-state index is 11.6.